The van der Waals surface area contributed by atoms with Crippen LogP contribution >= 0.6 is 0 Å². The van der Waals surface area contributed by atoms with Gasteiger partial charge in [0.2, 0.25) is 0 Å². The Hall–Kier alpha value is -3.34. The highest BCUT2D eigenvalue weighted by Crippen LogP contribution is 2.31. The smallest absolute Gasteiger partial charge is 0.402 e. The SMILES string of the molecule is C=CCc1cc(-c2ccc3oc(C)cc3c2)c2oc(=O)c(=O)[nH]c2c1. The Balaban J connectivity index is 2.05. The number of aromatic nitrogens is 1. The van der Waals surface area contributed by atoms with Crippen LogP contribution in [-0.2, 0) is 6.42 Å². The second-order valence-electron chi connectivity index (χ2n) is 5.97. The third-order valence-electron chi connectivity index (χ3n) is 4.11. The normalized spacial score (nSPS) is 11.2. The fourth-order valence-electron chi connectivity index (χ4n) is 3.05. The average molecular weight is 333 g/mol. The maximum Gasteiger partial charge on any atom is 0.402 e. The Morgan fingerprint density at radius 3 is 2.76 bits per heavy atom. The summed E-state index contributed by atoms with van der Waals surface area (Å²) in [7, 11) is 0. The number of allylic oxidation sites excluding steroid dienone is 1. The minimum Gasteiger partial charge on any atom is -0.461 e. The minimum absolute atomic E-state index is 0.358. The summed E-state index contributed by atoms with van der Waals surface area (Å²) < 4.78 is 10.9. The van der Waals surface area contributed by atoms with Gasteiger partial charge in [0.25, 0.3) is 0 Å². The molecular formula is C20H15NO4. The predicted molar refractivity (Wildman–Crippen MR) is 97.0 cm³/mol. The van der Waals surface area contributed by atoms with E-state index in [1.807, 2.05) is 37.3 Å². The molecule has 0 saturated carbocycles. The highest BCUT2D eigenvalue weighted by molar-refractivity contribution is 5.94. The highest BCUT2D eigenvalue weighted by atomic mass is 16.4. The molecule has 0 radical (unpaired) electrons. The van der Waals surface area contributed by atoms with Gasteiger partial charge in [0.1, 0.15) is 11.3 Å². The maximum absolute atomic E-state index is 11.7. The van der Waals surface area contributed by atoms with Gasteiger partial charge in [-0.25, -0.2) is 4.79 Å². The van der Waals surface area contributed by atoms with Crippen LogP contribution in [0, 0.1) is 6.92 Å². The number of hydrogen-bond acceptors (Lipinski definition) is 4. The largest absolute Gasteiger partial charge is 0.461 e. The fraction of sp³-hybridized carbons (Fsp3) is 0.100. The molecular weight excluding hydrogens is 318 g/mol. The van der Waals surface area contributed by atoms with E-state index in [0.29, 0.717) is 17.5 Å². The summed E-state index contributed by atoms with van der Waals surface area (Å²) in [5.41, 5.74) is 2.54. The molecule has 0 aliphatic carbocycles. The number of rotatable bonds is 3. The summed E-state index contributed by atoms with van der Waals surface area (Å²) in [5, 5.41) is 0.962. The van der Waals surface area contributed by atoms with Crippen LogP contribution in [-0.4, -0.2) is 4.98 Å². The predicted octanol–water partition coefficient (Wildman–Crippen LogP) is 3.93. The third-order valence-corrected chi connectivity index (χ3v) is 4.11. The topological polar surface area (TPSA) is 76.2 Å². The van der Waals surface area contributed by atoms with Gasteiger partial charge in [-0.3, -0.25) is 4.79 Å². The number of hydrogen-bond donors (Lipinski definition) is 1. The lowest BCUT2D eigenvalue weighted by atomic mass is 9.99. The Kier molecular flexibility index (Phi) is 3.42. The van der Waals surface area contributed by atoms with Crippen LogP contribution in [0.15, 0.2) is 67.5 Å². The first-order valence-electron chi connectivity index (χ1n) is 7.86. The quantitative estimate of drug-likeness (QED) is 0.455. The highest BCUT2D eigenvalue weighted by Gasteiger charge is 2.13. The molecule has 0 atom stereocenters. The van der Waals surface area contributed by atoms with E-state index < -0.39 is 11.2 Å². The van der Waals surface area contributed by atoms with E-state index in [0.717, 1.165) is 33.4 Å². The monoisotopic (exact) mass is 333 g/mol. The van der Waals surface area contributed by atoms with Gasteiger partial charge in [-0.1, -0.05) is 12.1 Å². The van der Waals surface area contributed by atoms with E-state index in [-0.39, 0.29) is 0 Å². The molecule has 5 nitrogen and oxygen atoms in total. The van der Waals surface area contributed by atoms with Crippen LogP contribution in [0.1, 0.15) is 11.3 Å². The van der Waals surface area contributed by atoms with Crippen LogP contribution in [0.2, 0.25) is 0 Å². The number of benzene rings is 2. The summed E-state index contributed by atoms with van der Waals surface area (Å²) in [6.45, 7) is 5.65. The van der Waals surface area contributed by atoms with Crippen molar-refractivity contribution in [2.75, 3.05) is 0 Å². The summed E-state index contributed by atoms with van der Waals surface area (Å²) in [6.07, 6.45) is 2.42. The van der Waals surface area contributed by atoms with Gasteiger partial charge in [0, 0.05) is 10.9 Å². The molecule has 0 saturated heterocycles. The Morgan fingerprint density at radius 2 is 1.96 bits per heavy atom. The Labute approximate surface area is 142 Å². The van der Waals surface area contributed by atoms with Gasteiger partial charge in [-0.05, 0) is 54.8 Å². The first-order valence-corrected chi connectivity index (χ1v) is 7.86. The number of furan rings is 1. The molecule has 0 unspecified atom stereocenters. The van der Waals surface area contributed by atoms with Crippen molar-refractivity contribution in [1.82, 2.24) is 4.98 Å². The van der Waals surface area contributed by atoms with Gasteiger partial charge < -0.3 is 13.8 Å². The van der Waals surface area contributed by atoms with E-state index >= 15 is 0 Å². The molecule has 0 bridgehead atoms. The van der Waals surface area contributed by atoms with Crippen molar-refractivity contribution < 1.29 is 8.83 Å². The van der Waals surface area contributed by atoms with Crippen LogP contribution < -0.4 is 11.2 Å². The maximum atomic E-state index is 11.7. The van der Waals surface area contributed by atoms with E-state index in [2.05, 4.69) is 11.6 Å². The van der Waals surface area contributed by atoms with Gasteiger partial charge in [-0.15, -0.1) is 6.58 Å². The van der Waals surface area contributed by atoms with Gasteiger partial charge in [-0.2, -0.15) is 0 Å². The van der Waals surface area contributed by atoms with Crippen LogP contribution in [0.5, 0.6) is 0 Å². The molecule has 0 aliphatic heterocycles. The molecule has 2 aromatic heterocycles. The number of H-pyrrole nitrogens is 1. The van der Waals surface area contributed by atoms with Crippen LogP contribution in [0.4, 0.5) is 0 Å². The lowest BCUT2D eigenvalue weighted by Crippen LogP contribution is -2.25. The second-order valence-corrected chi connectivity index (χ2v) is 5.97. The number of fused-ring (bicyclic) bond motifs is 2. The standard InChI is InChI=1S/C20H15NO4/c1-3-4-12-8-15(18-16(9-12)21-19(22)20(23)25-18)13-5-6-17-14(10-13)7-11(2)24-17/h3,5-10H,1,4H2,2H3,(H,21,22). The summed E-state index contributed by atoms with van der Waals surface area (Å²) in [4.78, 5) is 25.9. The zero-order valence-electron chi connectivity index (χ0n) is 13.6. The van der Waals surface area contributed by atoms with Crippen molar-refractivity contribution in [3.05, 3.63) is 81.2 Å². The molecule has 25 heavy (non-hydrogen) atoms. The Morgan fingerprint density at radius 1 is 1.12 bits per heavy atom. The zero-order valence-corrected chi connectivity index (χ0v) is 13.6. The fourth-order valence-corrected chi connectivity index (χ4v) is 3.05. The van der Waals surface area contributed by atoms with Gasteiger partial charge in [0.05, 0.1) is 5.52 Å². The van der Waals surface area contributed by atoms with Crippen molar-refractivity contribution in [3.63, 3.8) is 0 Å². The van der Waals surface area contributed by atoms with Crippen LogP contribution in [0.3, 0.4) is 0 Å². The third kappa shape index (κ3) is 2.59. The molecule has 4 aromatic rings. The second kappa shape index (κ2) is 5.63. The molecule has 5 heteroatoms. The molecule has 2 aromatic carbocycles. The molecule has 0 spiro atoms. The molecule has 1 N–H and O–H groups in total. The van der Waals surface area contributed by atoms with Crippen molar-refractivity contribution in [3.8, 4) is 11.1 Å². The molecule has 0 fully saturated rings. The number of aromatic amines is 1. The molecule has 0 amide bonds. The van der Waals surface area contributed by atoms with E-state index in [9.17, 15) is 9.59 Å². The number of aryl methyl sites for hydroxylation is 1. The van der Waals surface area contributed by atoms with Crippen molar-refractivity contribution in [2.24, 2.45) is 0 Å². The van der Waals surface area contributed by atoms with E-state index in [1.165, 1.54) is 0 Å². The summed E-state index contributed by atoms with van der Waals surface area (Å²) in [5.74, 6) is 0.827. The zero-order chi connectivity index (χ0) is 17.6. The molecule has 4 rings (SSSR count). The first-order chi connectivity index (χ1) is 12.0. The Bertz CT molecular complexity index is 1240. The lowest BCUT2D eigenvalue weighted by Gasteiger charge is -2.08. The number of nitrogens with one attached hydrogen (secondary N) is 1. The molecule has 0 aliphatic rings. The lowest BCUT2D eigenvalue weighted by molar-refractivity contribution is 0.547. The minimum atomic E-state index is -0.912. The molecule has 2 heterocycles. The van der Waals surface area contributed by atoms with Crippen LogP contribution in [0.25, 0.3) is 33.2 Å². The van der Waals surface area contributed by atoms with E-state index in [4.69, 9.17) is 8.83 Å². The first kappa shape index (κ1) is 15.2. The molecule has 124 valence electrons. The summed E-state index contributed by atoms with van der Waals surface area (Å²) >= 11 is 0. The van der Waals surface area contributed by atoms with Gasteiger partial charge in [0.15, 0.2) is 5.58 Å². The van der Waals surface area contributed by atoms with Crippen molar-refractivity contribution in [2.45, 2.75) is 13.3 Å². The van der Waals surface area contributed by atoms with E-state index in [1.54, 1.807) is 12.1 Å². The van der Waals surface area contributed by atoms with Crippen molar-refractivity contribution in [1.29, 1.82) is 0 Å². The van der Waals surface area contributed by atoms with Gasteiger partial charge >= 0.3 is 11.2 Å². The average Bonchev–Trinajstić information content (AvgIpc) is 2.95. The van der Waals surface area contributed by atoms with Crippen molar-refractivity contribution >= 4 is 22.1 Å². The summed E-state index contributed by atoms with van der Waals surface area (Å²) in [6, 6.07) is 11.5.